The SMILES string of the molecule is CCCCc1ccc(NC(=O)/C(C#N)=C/c2ccccc2OCC)cc1. The summed E-state index contributed by atoms with van der Waals surface area (Å²) in [5.41, 5.74) is 2.66. The molecule has 0 unspecified atom stereocenters. The molecule has 0 saturated carbocycles. The van der Waals surface area contributed by atoms with Gasteiger partial charge < -0.3 is 10.1 Å². The Morgan fingerprint density at radius 1 is 1.15 bits per heavy atom. The number of para-hydroxylation sites is 1. The molecule has 0 fully saturated rings. The van der Waals surface area contributed by atoms with E-state index < -0.39 is 5.91 Å². The van der Waals surface area contributed by atoms with E-state index in [1.807, 2.05) is 61.5 Å². The Balaban J connectivity index is 2.13. The Bertz CT molecular complexity index is 802. The molecule has 134 valence electrons. The quantitative estimate of drug-likeness (QED) is 0.541. The summed E-state index contributed by atoms with van der Waals surface area (Å²) in [6, 6.07) is 17.1. The summed E-state index contributed by atoms with van der Waals surface area (Å²) in [6.07, 6.45) is 4.88. The fourth-order valence-electron chi connectivity index (χ4n) is 2.52. The molecular weight excluding hydrogens is 324 g/mol. The first-order valence-corrected chi connectivity index (χ1v) is 8.91. The number of benzene rings is 2. The van der Waals surface area contributed by atoms with Gasteiger partial charge in [-0.25, -0.2) is 0 Å². The van der Waals surface area contributed by atoms with E-state index in [9.17, 15) is 10.1 Å². The van der Waals surface area contributed by atoms with Gasteiger partial charge in [-0.1, -0.05) is 43.7 Å². The Labute approximate surface area is 155 Å². The van der Waals surface area contributed by atoms with Crippen LogP contribution in [0.15, 0.2) is 54.1 Å². The van der Waals surface area contributed by atoms with Crippen LogP contribution in [-0.2, 0) is 11.2 Å². The zero-order valence-electron chi connectivity index (χ0n) is 15.3. The van der Waals surface area contributed by atoms with Crippen LogP contribution in [-0.4, -0.2) is 12.5 Å². The zero-order chi connectivity index (χ0) is 18.8. The van der Waals surface area contributed by atoms with Gasteiger partial charge in [-0.2, -0.15) is 5.26 Å². The van der Waals surface area contributed by atoms with E-state index in [1.54, 1.807) is 6.08 Å². The molecule has 0 atom stereocenters. The van der Waals surface area contributed by atoms with E-state index in [2.05, 4.69) is 12.2 Å². The highest BCUT2D eigenvalue weighted by atomic mass is 16.5. The number of ether oxygens (including phenoxy) is 1. The van der Waals surface area contributed by atoms with Gasteiger partial charge in [-0.05, 0) is 49.6 Å². The van der Waals surface area contributed by atoms with Gasteiger partial charge in [0.15, 0.2) is 0 Å². The summed E-state index contributed by atoms with van der Waals surface area (Å²) in [5.74, 6) is 0.218. The molecule has 1 amide bonds. The van der Waals surface area contributed by atoms with Crippen LogP contribution in [0, 0.1) is 11.3 Å². The first-order chi connectivity index (χ1) is 12.7. The number of nitrogens with one attached hydrogen (secondary N) is 1. The van der Waals surface area contributed by atoms with Gasteiger partial charge in [0.25, 0.3) is 5.91 Å². The van der Waals surface area contributed by atoms with Crippen LogP contribution in [0.3, 0.4) is 0 Å². The zero-order valence-corrected chi connectivity index (χ0v) is 15.3. The minimum absolute atomic E-state index is 0.0345. The Morgan fingerprint density at radius 2 is 1.88 bits per heavy atom. The van der Waals surface area contributed by atoms with Crippen molar-refractivity contribution in [3.63, 3.8) is 0 Å². The number of hydrogen-bond donors (Lipinski definition) is 1. The summed E-state index contributed by atoms with van der Waals surface area (Å²) in [4.78, 5) is 12.4. The number of amides is 1. The highest BCUT2D eigenvalue weighted by Crippen LogP contribution is 2.21. The van der Waals surface area contributed by atoms with Crippen molar-refractivity contribution in [1.82, 2.24) is 0 Å². The van der Waals surface area contributed by atoms with Gasteiger partial charge in [0.05, 0.1) is 6.61 Å². The largest absolute Gasteiger partial charge is 0.493 e. The minimum Gasteiger partial charge on any atom is -0.493 e. The highest BCUT2D eigenvalue weighted by Gasteiger charge is 2.11. The molecule has 0 saturated heterocycles. The molecule has 0 heterocycles. The van der Waals surface area contributed by atoms with Crippen LogP contribution in [0.5, 0.6) is 5.75 Å². The normalized spacial score (nSPS) is 10.9. The van der Waals surface area contributed by atoms with Gasteiger partial charge in [0.1, 0.15) is 17.4 Å². The molecule has 0 spiro atoms. The van der Waals surface area contributed by atoms with Crippen molar-refractivity contribution < 1.29 is 9.53 Å². The maximum absolute atomic E-state index is 12.4. The third kappa shape index (κ3) is 5.49. The van der Waals surface area contributed by atoms with Gasteiger partial charge >= 0.3 is 0 Å². The fourth-order valence-corrected chi connectivity index (χ4v) is 2.52. The van der Waals surface area contributed by atoms with Crippen molar-refractivity contribution in [2.45, 2.75) is 33.1 Å². The lowest BCUT2D eigenvalue weighted by Crippen LogP contribution is -2.13. The number of unbranched alkanes of at least 4 members (excludes halogenated alkanes) is 1. The van der Waals surface area contributed by atoms with Gasteiger partial charge in [0.2, 0.25) is 0 Å². The predicted molar refractivity (Wildman–Crippen MR) is 105 cm³/mol. The van der Waals surface area contributed by atoms with Crippen molar-refractivity contribution in [1.29, 1.82) is 5.26 Å². The van der Waals surface area contributed by atoms with E-state index in [-0.39, 0.29) is 5.57 Å². The number of hydrogen-bond acceptors (Lipinski definition) is 3. The third-order valence-electron chi connectivity index (χ3n) is 3.91. The average Bonchev–Trinajstić information content (AvgIpc) is 2.67. The van der Waals surface area contributed by atoms with E-state index in [0.717, 1.165) is 19.3 Å². The second kappa shape index (κ2) is 10.0. The fraction of sp³-hybridized carbons (Fsp3) is 0.273. The van der Waals surface area contributed by atoms with Crippen LogP contribution in [0.1, 0.15) is 37.8 Å². The lowest BCUT2D eigenvalue weighted by molar-refractivity contribution is -0.112. The van der Waals surface area contributed by atoms with Crippen LogP contribution >= 0.6 is 0 Å². The van der Waals surface area contributed by atoms with Crippen molar-refractivity contribution in [3.8, 4) is 11.8 Å². The first-order valence-electron chi connectivity index (χ1n) is 8.91. The van der Waals surface area contributed by atoms with Gasteiger partial charge in [-0.3, -0.25) is 4.79 Å². The molecule has 0 aliphatic heterocycles. The number of nitrogens with zero attached hydrogens (tertiary/aromatic N) is 1. The number of carbonyl (C=O) groups excluding carboxylic acids is 1. The number of anilines is 1. The van der Waals surface area contributed by atoms with Crippen LogP contribution in [0.2, 0.25) is 0 Å². The molecule has 1 N–H and O–H groups in total. The molecule has 2 rings (SSSR count). The Morgan fingerprint density at radius 3 is 2.54 bits per heavy atom. The first kappa shape index (κ1) is 19.3. The predicted octanol–water partition coefficient (Wildman–Crippen LogP) is 4.97. The summed E-state index contributed by atoms with van der Waals surface area (Å²) < 4.78 is 5.54. The van der Waals surface area contributed by atoms with Crippen molar-refractivity contribution in [2.75, 3.05) is 11.9 Å². The molecule has 4 heteroatoms. The molecule has 0 bridgehead atoms. The highest BCUT2D eigenvalue weighted by molar-refractivity contribution is 6.09. The van der Waals surface area contributed by atoms with E-state index >= 15 is 0 Å². The number of rotatable bonds is 8. The van der Waals surface area contributed by atoms with Crippen molar-refractivity contribution in [3.05, 3.63) is 65.2 Å². The Kier molecular flexibility index (Phi) is 7.45. The van der Waals surface area contributed by atoms with Crippen LogP contribution in [0.25, 0.3) is 6.08 Å². The molecular formula is C22H24N2O2. The van der Waals surface area contributed by atoms with Gasteiger partial charge in [-0.15, -0.1) is 0 Å². The topological polar surface area (TPSA) is 62.1 Å². The maximum atomic E-state index is 12.4. The second-order valence-electron chi connectivity index (χ2n) is 5.90. The number of aryl methyl sites for hydroxylation is 1. The maximum Gasteiger partial charge on any atom is 0.266 e. The van der Waals surface area contributed by atoms with E-state index in [4.69, 9.17) is 4.74 Å². The van der Waals surface area contributed by atoms with E-state index in [1.165, 1.54) is 5.56 Å². The van der Waals surface area contributed by atoms with Crippen LogP contribution in [0.4, 0.5) is 5.69 Å². The molecule has 0 aliphatic carbocycles. The summed E-state index contributed by atoms with van der Waals surface area (Å²) in [6.45, 7) is 4.57. The minimum atomic E-state index is -0.430. The van der Waals surface area contributed by atoms with E-state index in [0.29, 0.717) is 23.6 Å². The lowest BCUT2D eigenvalue weighted by atomic mass is 10.1. The molecule has 0 aliphatic rings. The molecule has 26 heavy (non-hydrogen) atoms. The molecule has 4 nitrogen and oxygen atoms in total. The summed E-state index contributed by atoms with van der Waals surface area (Å²) >= 11 is 0. The standard InChI is InChI=1S/C22H24N2O2/c1-3-5-8-17-11-13-20(14-12-17)24-22(25)19(16-23)15-18-9-6-7-10-21(18)26-4-2/h6-7,9-15H,3-5,8H2,1-2H3,(H,24,25)/b19-15+. The molecule has 0 radical (unpaired) electrons. The Hall–Kier alpha value is -3.06. The van der Waals surface area contributed by atoms with Crippen LogP contribution < -0.4 is 10.1 Å². The summed E-state index contributed by atoms with van der Waals surface area (Å²) in [7, 11) is 0. The average molecular weight is 348 g/mol. The van der Waals surface area contributed by atoms with Crippen molar-refractivity contribution >= 4 is 17.7 Å². The monoisotopic (exact) mass is 348 g/mol. The lowest BCUT2D eigenvalue weighted by Gasteiger charge is -2.08. The third-order valence-corrected chi connectivity index (χ3v) is 3.91. The molecule has 2 aromatic rings. The summed E-state index contributed by atoms with van der Waals surface area (Å²) in [5, 5.41) is 12.2. The smallest absolute Gasteiger partial charge is 0.266 e. The molecule has 0 aromatic heterocycles. The molecule has 2 aromatic carbocycles. The number of carbonyl (C=O) groups is 1. The van der Waals surface area contributed by atoms with Crippen molar-refractivity contribution in [2.24, 2.45) is 0 Å². The van der Waals surface area contributed by atoms with Gasteiger partial charge in [0, 0.05) is 11.3 Å². The number of nitriles is 1. The second-order valence-corrected chi connectivity index (χ2v) is 5.90.